The third-order valence-corrected chi connectivity index (χ3v) is 6.93. The van der Waals surface area contributed by atoms with Crippen molar-refractivity contribution in [2.45, 2.75) is 91.1 Å². The van der Waals surface area contributed by atoms with Crippen LogP contribution >= 0.6 is 0 Å². The van der Waals surface area contributed by atoms with Crippen molar-refractivity contribution < 1.29 is 32.2 Å². The highest BCUT2D eigenvalue weighted by Gasteiger charge is 2.37. The van der Waals surface area contributed by atoms with Crippen molar-refractivity contribution in [2.24, 2.45) is 0 Å². The van der Waals surface area contributed by atoms with Crippen LogP contribution in [-0.4, -0.2) is 54.5 Å². The zero-order valence-corrected chi connectivity index (χ0v) is 24.7. The number of nitrogens with zero attached hydrogens (tertiary/aromatic N) is 2. The fourth-order valence-electron chi connectivity index (χ4n) is 3.33. The van der Waals surface area contributed by atoms with Crippen LogP contribution in [0.3, 0.4) is 0 Å². The van der Waals surface area contributed by atoms with Gasteiger partial charge in [0, 0.05) is 32.1 Å². The van der Waals surface area contributed by atoms with Gasteiger partial charge in [0.1, 0.15) is 11.4 Å². The van der Waals surface area contributed by atoms with E-state index in [9.17, 15) is 18.0 Å². The first-order chi connectivity index (χ1) is 18.1. The molecule has 220 valence electrons. The second kappa shape index (κ2) is 14.5. The number of anilines is 3. The van der Waals surface area contributed by atoms with Crippen LogP contribution < -0.4 is 10.6 Å². The number of halogens is 3. The first-order valence-electron chi connectivity index (χ1n) is 12.8. The van der Waals surface area contributed by atoms with Gasteiger partial charge in [0.15, 0.2) is 0 Å². The Morgan fingerprint density at radius 3 is 2.08 bits per heavy atom. The number of hydrogen-bond donors (Lipinski definition) is 2. The largest absolute Gasteiger partial charge is 0.465 e. The zero-order valence-electron chi connectivity index (χ0n) is 24.7. The van der Waals surface area contributed by atoms with Crippen molar-refractivity contribution in [2.75, 3.05) is 32.0 Å². The van der Waals surface area contributed by atoms with Crippen molar-refractivity contribution in [3.63, 3.8) is 0 Å². The van der Waals surface area contributed by atoms with E-state index >= 15 is 0 Å². The van der Waals surface area contributed by atoms with Gasteiger partial charge in [-0.05, 0) is 65.2 Å². The molecule has 1 heterocycles. The zero-order chi connectivity index (χ0) is 30.0. The molecule has 0 saturated heterocycles. The Morgan fingerprint density at radius 1 is 1.03 bits per heavy atom. The van der Waals surface area contributed by atoms with Crippen LogP contribution in [0.4, 0.5) is 30.6 Å². The normalized spacial score (nSPS) is 12.7. The Labute approximate surface area is 230 Å². The SMILES string of the molecule is CCCC(CC)Nc1nc(Nc2ccc(C)c(C(=O)OC)c2)ncc1C(F)(F)F.COC(C)(C)C(C)(C)OC. The lowest BCUT2D eigenvalue weighted by atomic mass is 9.89. The van der Waals surface area contributed by atoms with Gasteiger partial charge < -0.3 is 24.8 Å². The first kappa shape index (κ1) is 34.1. The summed E-state index contributed by atoms with van der Waals surface area (Å²) in [5.74, 6) is -0.783. The van der Waals surface area contributed by atoms with Crippen LogP contribution in [0.5, 0.6) is 0 Å². The van der Waals surface area contributed by atoms with Gasteiger partial charge in [0.05, 0.1) is 23.9 Å². The van der Waals surface area contributed by atoms with E-state index in [4.69, 9.17) is 14.2 Å². The van der Waals surface area contributed by atoms with Crippen LogP contribution in [0.25, 0.3) is 0 Å². The highest BCUT2D eigenvalue weighted by atomic mass is 19.4. The summed E-state index contributed by atoms with van der Waals surface area (Å²) in [6.07, 6.45) is -1.60. The lowest BCUT2D eigenvalue weighted by Gasteiger charge is -2.38. The van der Waals surface area contributed by atoms with Crippen molar-refractivity contribution >= 4 is 23.4 Å². The standard InChI is InChI=1S/C20H25F3N4O2.C8H18O2/c1-5-7-13(6-2)25-17-16(20(21,22)23)11-24-19(27-17)26-14-9-8-12(3)15(10-14)18(28)29-4;1-7(2,9-5)8(3,4)10-6/h8-11,13H,5-7H2,1-4H3,(H2,24,25,26,27);1-6H3. The van der Waals surface area contributed by atoms with E-state index in [0.29, 0.717) is 23.2 Å². The summed E-state index contributed by atoms with van der Waals surface area (Å²) in [4.78, 5) is 19.7. The number of carbonyl (C=O) groups excluding carboxylic acids is 1. The van der Waals surface area contributed by atoms with Gasteiger partial charge >= 0.3 is 12.1 Å². The number of benzene rings is 1. The van der Waals surface area contributed by atoms with E-state index in [0.717, 1.165) is 19.0 Å². The number of esters is 1. The second-order valence-electron chi connectivity index (χ2n) is 10.1. The lowest BCUT2D eigenvalue weighted by Crippen LogP contribution is -2.48. The molecule has 0 aliphatic rings. The van der Waals surface area contributed by atoms with Crippen molar-refractivity contribution in [3.8, 4) is 0 Å². The van der Waals surface area contributed by atoms with Crippen molar-refractivity contribution in [3.05, 3.63) is 41.1 Å². The predicted molar refractivity (Wildman–Crippen MR) is 148 cm³/mol. The Kier molecular flexibility index (Phi) is 12.6. The molecule has 0 aliphatic carbocycles. The van der Waals surface area contributed by atoms with Gasteiger partial charge in [0.2, 0.25) is 5.95 Å². The summed E-state index contributed by atoms with van der Waals surface area (Å²) in [7, 11) is 4.67. The minimum absolute atomic E-state index is 0.00785. The van der Waals surface area contributed by atoms with Gasteiger partial charge in [-0.1, -0.05) is 26.3 Å². The van der Waals surface area contributed by atoms with Crippen LogP contribution in [0.1, 0.15) is 82.3 Å². The molecule has 0 saturated carbocycles. The number of nitrogens with one attached hydrogen (secondary N) is 2. The maximum atomic E-state index is 13.4. The maximum Gasteiger partial charge on any atom is 0.421 e. The van der Waals surface area contributed by atoms with Crippen molar-refractivity contribution in [1.29, 1.82) is 0 Å². The molecule has 0 spiro atoms. The van der Waals surface area contributed by atoms with Gasteiger partial charge in [-0.15, -0.1) is 0 Å². The molecule has 1 atom stereocenters. The van der Waals surface area contributed by atoms with E-state index in [2.05, 4.69) is 20.6 Å². The summed E-state index contributed by atoms with van der Waals surface area (Å²) in [6.45, 7) is 13.7. The summed E-state index contributed by atoms with van der Waals surface area (Å²) in [6, 6.07) is 4.80. The van der Waals surface area contributed by atoms with E-state index in [1.54, 1.807) is 39.3 Å². The van der Waals surface area contributed by atoms with E-state index in [-0.39, 0.29) is 29.0 Å². The fourth-order valence-corrected chi connectivity index (χ4v) is 3.33. The molecule has 1 aromatic carbocycles. The monoisotopic (exact) mass is 556 g/mol. The molecule has 1 unspecified atom stereocenters. The molecule has 0 bridgehead atoms. The smallest absolute Gasteiger partial charge is 0.421 e. The van der Waals surface area contributed by atoms with E-state index in [1.807, 2.05) is 41.5 Å². The second-order valence-corrected chi connectivity index (χ2v) is 10.1. The van der Waals surface area contributed by atoms with Crippen LogP contribution in [0, 0.1) is 6.92 Å². The van der Waals surface area contributed by atoms with Gasteiger partial charge in [-0.2, -0.15) is 18.2 Å². The molecule has 0 amide bonds. The summed E-state index contributed by atoms with van der Waals surface area (Å²) >= 11 is 0. The molecule has 0 aliphatic heterocycles. The average Bonchev–Trinajstić information content (AvgIpc) is 2.88. The minimum atomic E-state index is -4.58. The third kappa shape index (κ3) is 9.65. The lowest BCUT2D eigenvalue weighted by molar-refractivity contribution is -0.147. The number of methoxy groups -OCH3 is 3. The topological polar surface area (TPSA) is 94.6 Å². The van der Waals surface area contributed by atoms with E-state index < -0.39 is 17.7 Å². The molecule has 2 N–H and O–H groups in total. The third-order valence-electron chi connectivity index (χ3n) is 6.93. The molecule has 8 nitrogen and oxygen atoms in total. The molecule has 1 aromatic heterocycles. The Morgan fingerprint density at radius 2 is 1.62 bits per heavy atom. The number of rotatable bonds is 11. The molecule has 2 rings (SSSR count). The summed E-state index contributed by atoms with van der Waals surface area (Å²) < 4.78 is 55.4. The van der Waals surface area contributed by atoms with Gasteiger partial charge in [-0.25, -0.2) is 9.78 Å². The molecular formula is C28H43F3N4O4. The number of hydrogen-bond acceptors (Lipinski definition) is 8. The summed E-state index contributed by atoms with van der Waals surface area (Å²) in [5, 5.41) is 5.75. The summed E-state index contributed by atoms with van der Waals surface area (Å²) in [5.41, 5.74) is 0.128. The minimum Gasteiger partial charge on any atom is -0.465 e. The first-order valence-corrected chi connectivity index (χ1v) is 12.8. The molecule has 2 aromatic rings. The predicted octanol–water partition coefficient (Wildman–Crippen LogP) is 7.16. The fraction of sp³-hybridized carbons (Fsp3) is 0.607. The molecule has 0 fully saturated rings. The molecular weight excluding hydrogens is 513 g/mol. The van der Waals surface area contributed by atoms with Gasteiger partial charge in [0.25, 0.3) is 0 Å². The van der Waals surface area contributed by atoms with Crippen molar-refractivity contribution in [1.82, 2.24) is 9.97 Å². The highest BCUT2D eigenvalue weighted by Crippen LogP contribution is 2.35. The Bertz CT molecular complexity index is 1060. The van der Waals surface area contributed by atoms with Gasteiger partial charge in [-0.3, -0.25) is 0 Å². The molecule has 39 heavy (non-hydrogen) atoms. The van der Waals surface area contributed by atoms with Crippen LogP contribution in [-0.2, 0) is 20.4 Å². The Balaban J connectivity index is 0.000000646. The quantitative estimate of drug-likeness (QED) is 0.282. The number of carbonyl (C=O) groups is 1. The number of aryl methyl sites for hydroxylation is 1. The molecule has 0 radical (unpaired) electrons. The molecule has 11 heteroatoms. The van der Waals surface area contributed by atoms with Crippen LogP contribution in [0.15, 0.2) is 24.4 Å². The number of ether oxygens (including phenoxy) is 3. The average molecular weight is 557 g/mol. The maximum absolute atomic E-state index is 13.4. The Hall–Kier alpha value is -2.92. The number of alkyl halides is 3. The van der Waals surface area contributed by atoms with Crippen LogP contribution in [0.2, 0.25) is 0 Å². The highest BCUT2D eigenvalue weighted by molar-refractivity contribution is 5.92. The van der Waals surface area contributed by atoms with E-state index in [1.165, 1.54) is 7.11 Å². The number of aromatic nitrogens is 2.